The monoisotopic (exact) mass is 534 g/mol. The molecule has 1 N–H and O–H groups in total. The first-order chi connectivity index (χ1) is 16.5. The number of esters is 1. The summed E-state index contributed by atoms with van der Waals surface area (Å²) in [7, 11) is -4.09. The lowest BCUT2D eigenvalue weighted by molar-refractivity contribution is -0.114. The normalized spacial score (nSPS) is 11.1. The third-order valence-electron chi connectivity index (χ3n) is 5.09. The van der Waals surface area contributed by atoms with Gasteiger partial charge in [0, 0.05) is 10.7 Å². The van der Waals surface area contributed by atoms with Crippen LogP contribution in [0.4, 0.5) is 11.4 Å². The lowest BCUT2D eigenvalue weighted by Gasteiger charge is -2.24. The van der Waals surface area contributed by atoms with E-state index >= 15 is 0 Å². The van der Waals surface area contributed by atoms with Crippen LogP contribution in [0.5, 0.6) is 0 Å². The number of sulfonamides is 1. The van der Waals surface area contributed by atoms with Gasteiger partial charge in [-0.1, -0.05) is 47.0 Å². The van der Waals surface area contributed by atoms with Crippen LogP contribution in [0.1, 0.15) is 28.4 Å². The van der Waals surface area contributed by atoms with Crippen LogP contribution in [-0.2, 0) is 19.6 Å². The molecule has 0 aliphatic heterocycles. The number of carbonyl (C=O) groups excluding carboxylic acids is 2. The Morgan fingerprint density at radius 1 is 0.943 bits per heavy atom. The van der Waals surface area contributed by atoms with Crippen LogP contribution < -0.4 is 9.62 Å². The molecular weight excluding hydrogens is 511 g/mol. The highest BCUT2D eigenvalue weighted by Gasteiger charge is 2.28. The maximum atomic E-state index is 13.5. The van der Waals surface area contributed by atoms with Crippen molar-refractivity contribution in [2.24, 2.45) is 0 Å². The summed E-state index contributed by atoms with van der Waals surface area (Å²) in [4.78, 5) is 24.9. The molecule has 3 aromatic carbocycles. The lowest BCUT2D eigenvalue weighted by Crippen LogP contribution is -2.38. The fourth-order valence-corrected chi connectivity index (χ4v) is 5.03. The minimum absolute atomic E-state index is 0.0365. The fraction of sp³-hybridized carbons (Fsp3) is 0.200. The van der Waals surface area contributed by atoms with E-state index in [0.29, 0.717) is 10.7 Å². The first kappa shape index (κ1) is 26.5. The number of nitrogens with one attached hydrogen (secondary N) is 1. The van der Waals surface area contributed by atoms with Crippen molar-refractivity contribution in [2.75, 3.05) is 22.8 Å². The molecule has 0 aliphatic carbocycles. The number of hydrogen-bond donors (Lipinski definition) is 1. The second-order valence-electron chi connectivity index (χ2n) is 7.72. The van der Waals surface area contributed by atoms with Crippen molar-refractivity contribution in [2.45, 2.75) is 25.7 Å². The highest BCUT2D eigenvalue weighted by molar-refractivity contribution is 7.92. The molecule has 184 valence electrons. The molecule has 0 bridgehead atoms. The molecule has 10 heteroatoms. The fourth-order valence-electron chi connectivity index (χ4n) is 3.19. The Labute approximate surface area is 214 Å². The standard InChI is InChI=1S/C25H24Cl2N2O5S/c1-4-34-25(31)21-12-8-18(13-23(21)27)28-24(30)15-29(19-9-7-17(3)22(26)14-19)35(32,33)20-10-5-16(2)6-11-20/h5-14H,4,15H2,1-3H3,(H,28,30). The number of carbonyl (C=O) groups is 2. The van der Waals surface area contributed by atoms with E-state index in [2.05, 4.69) is 5.32 Å². The summed E-state index contributed by atoms with van der Waals surface area (Å²) in [5, 5.41) is 3.09. The van der Waals surface area contributed by atoms with E-state index in [-0.39, 0.29) is 27.8 Å². The number of halogens is 2. The zero-order valence-electron chi connectivity index (χ0n) is 19.3. The van der Waals surface area contributed by atoms with Gasteiger partial charge in [-0.3, -0.25) is 9.10 Å². The number of hydrogen-bond acceptors (Lipinski definition) is 5. The van der Waals surface area contributed by atoms with Gasteiger partial charge in [-0.2, -0.15) is 0 Å². The van der Waals surface area contributed by atoms with Crippen molar-refractivity contribution in [1.29, 1.82) is 0 Å². The summed E-state index contributed by atoms with van der Waals surface area (Å²) in [6, 6.07) is 15.4. The van der Waals surface area contributed by atoms with E-state index in [1.807, 2.05) is 6.92 Å². The van der Waals surface area contributed by atoms with Crippen LogP contribution in [0.15, 0.2) is 65.6 Å². The predicted molar refractivity (Wildman–Crippen MR) is 138 cm³/mol. The van der Waals surface area contributed by atoms with Gasteiger partial charge >= 0.3 is 5.97 Å². The van der Waals surface area contributed by atoms with E-state index < -0.39 is 28.4 Å². The molecule has 0 radical (unpaired) electrons. The molecule has 0 unspecified atom stereocenters. The van der Waals surface area contributed by atoms with Gasteiger partial charge in [0.1, 0.15) is 6.54 Å². The molecule has 3 rings (SSSR count). The van der Waals surface area contributed by atoms with E-state index in [4.69, 9.17) is 27.9 Å². The molecular formula is C25H24Cl2N2O5S. The molecule has 0 aromatic heterocycles. The van der Waals surface area contributed by atoms with Crippen LogP contribution in [0, 0.1) is 13.8 Å². The van der Waals surface area contributed by atoms with Crippen molar-refractivity contribution in [3.8, 4) is 0 Å². The number of anilines is 2. The van der Waals surface area contributed by atoms with Gasteiger partial charge < -0.3 is 10.1 Å². The number of amides is 1. The molecule has 0 aliphatic rings. The summed E-state index contributed by atoms with van der Waals surface area (Å²) >= 11 is 12.4. The molecule has 0 fully saturated rings. The van der Waals surface area contributed by atoms with Crippen molar-refractivity contribution in [3.63, 3.8) is 0 Å². The molecule has 0 atom stereocenters. The first-order valence-electron chi connectivity index (χ1n) is 10.6. The minimum Gasteiger partial charge on any atom is -0.462 e. The van der Waals surface area contributed by atoms with Crippen LogP contribution in [-0.4, -0.2) is 33.4 Å². The third kappa shape index (κ3) is 6.33. The summed E-state index contributed by atoms with van der Waals surface area (Å²) < 4.78 is 32.9. The van der Waals surface area contributed by atoms with E-state index in [9.17, 15) is 18.0 Å². The maximum Gasteiger partial charge on any atom is 0.339 e. The first-order valence-corrected chi connectivity index (χ1v) is 12.8. The Balaban J connectivity index is 1.91. The van der Waals surface area contributed by atoms with Gasteiger partial charge in [-0.05, 0) is 68.8 Å². The Bertz CT molecular complexity index is 1360. The Morgan fingerprint density at radius 3 is 2.23 bits per heavy atom. The average molecular weight is 535 g/mol. The zero-order chi connectivity index (χ0) is 25.8. The Morgan fingerprint density at radius 2 is 1.63 bits per heavy atom. The molecule has 7 nitrogen and oxygen atoms in total. The number of rotatable bonds is 8. The third-order valence-corrected chi connectivity index (χ3v) is 7.60. The molecule has 3 aromatic rings. The summed E-state index contributed by atoms with van der Waals surface area (Å²) in [5.74, 6) is -1.20. The lowest BCUT2D eigenvalue weighted by atomic mass is 10.2. The minimum atomic E-state index is -4.09. The molecule has 0 saturated carbocycles. The quantitative estimate of drug-likeness (QED) is 0.378. The maximum absolute atomic E-state index is 13.5. The van der Waals surface area contributed by atoms with E-state index in [0.717, 1.165) is 15.4 Å². The molecule has 0 spiro atoms. The molecule has 35 heavy (non-hydrogen) atoms. The summed E-state index contributed by atoms with van der Waals surface area (Å²) in [6.07, 6.45) is 0. The van der Waals surface area contributed by atoms with Crippen LogP contribution in [0.2, 0.25) is 10.0 Å². The summed E-state index contributed by atoms with van der Waals surface area (Å²) in [6.45, 7) is 4.99. The van der Waals surface area contributed by atoms with Gasteiger partial charge in [0.05, 0.1) is 27.8 Å². The predicted octanol–water partition coefficient (Wildman–Crippen LogP) is 5.62. The smallest absolute Gasteiger partial charge is 0.339 e. The van der Waals surface area contributed by atoms with Crippen LogP contribution in [0.25, 0.3) is 0 Å². The number of aryl methyl sites for hydroxylation is 2. The van der Waals surface area contributed by atoms with Crippen molar-refractivity contribution < 1.29 is 22.7 Å². The number of nitrogens with zero attached hydrogens (tertiary/aromatic N) is 1. The van der Waals surface area contributed by atoms with Gasteiger partial charge in [-0.15, -0.1) is 0 Å². The topological polar surface area (TPSA) is 92.8 Å². The summed E-state index contributed by atoms with van der Waals surface area (Å²) in [5.41, 5.74) is 2.36. The number of benzene rings is 3. The van der Waals surface area contributed by atoms with E-state index in [1.165, 1.54) is 36.4 Å². The molecule has 1 amide bonds. The van der Waals surface area contributed by atoms with Crippen LogP contribution in [0.3, 0.4) is 0 Å². The van der Waals surface area contributed by atoms with Crippen LogP contribution >= 0.6 is 23.2 Å². The number of ether oxygens (including phenoxy) is 1. The van der Waals surface area contributed by atoms with Gasteiger partial charge in [0.2, 0.25) is 5.91 Å². The van der Waals surface area contributed by atoms with Crippen molar-refractivity contribution in [3.05, 3.63) is 87.4 Å². The zero-order valence-corrected chi connectivity index (χ0v) is 21.7. The largest absolute Gasteiger partial charge is 0.462 e. The molecule has 0 saturated heterocycles. The van der Waals surface area contributed by atoms with Crippen molar-refractivity contribution >= 4 is 56.5 Å². The van der Waals surface area contributed by atoms with Crippen molar-refractivity contribution in [1.82, 2.24) is 0 Å². The van der Waals surface area contributed by atoms with Gasteiger partial charge in [0.25, 0.3) is 10.0 Å². The second kappa shape index (κ2) is 11.1. The second-order valence-corrected chi connectivity index (χ2v) is 10.4. The Kier molecular flexibility index (Phi) is 8.43. The average Bonchev–Trinajstić information content (AvgIpc) is 2.80. The van der Waals surface area contributed by atoms with E-state index in [1.54, 1.807) is 38.1 Å². The molecule has 0 heterocycles. The highest BCUT2D eigenvalue weighted by Crippen LogP contribution is 2.28. The SMILES string of the molecule is CCOC(=O)c1ccc(NC(=O)CN(c2ccc(C)c(Cl)c2)S(=O)(=O)c2ccc(C)cc2)cc1Cl. The Hall–Kier alpha value is -3.07. The highest BCUT2D eigenvalue weighted by atomic mass is 35.5. The van der Waals surface area contributed by atoms with Gasteiger partial charge in [0.15, 0.2) is 0 Å². The van der Waals surface area contributed by atoms with Gasteiger partial charge in [-0.25, -0.2) is 13.2 Å².